The van der Waals surface area contributed by atoms with E-state index in [-0.39, 0.29) is 29.3 Å². The van der Waals surface area contributed by atoms with Gasteiger partial charge in [-0.2, -0.15) is 9.78 Å². The van der Waals surface area contributed by atoms with Crippen molar-refractivity contribution in [1.82, 2.24) is 9.78 Å². The molecule has 7 nitrogen and oxygen atoms in total. The summed E-state index contributed by atoms with van der Waals surface area (Å²) in [5.74, 6) is -1.34. The van der Waals surface area contributed by atoms with Crippen molar-refractivity contribution in [1.29, 1.82) is 0 Å². The SMILES string of the molecule is CCOC(=O)c1cnn(C(=O)c2cccc(O)c2)c1N. The van der Waals surface area contributed by atoms with Gasteiger partial charge in [0.25, 0.3) is 5.91 Å². The number of phenols is 1. The molecule has 0 bridgehead atoms. The predicted molar refractivity (Wildman–Crippen MR) is 70.4 cm³/mol. The number of nitrogens with zero attached hydrogens (tertiary/aromatic N) is 2. The topological polar surface area (TPSA) is 107 Å². The van der Waals surface area contributed by atoms with Gasteiger partial charge in [0.1, 0.15) is 17.1 Å². The van der Waals surface area contributed by atoms with Gasteiger partial charge in [-0.3, -0.25) is 4.79 Å². The van der Waals surface area contributed by atoms with Crippen LogP contribution in [0, 0.1) is 0 Å². The van der Waals surface area contributed by atoms with Gasteiger partial charge in [0.2, 0.25) is 0 Å². The fourth-order valence-corrected chi connectivity index (χ4v) is 1.65. The molecule has 20 heavy (non-hydrogen) atoms. The molecule has 1 heterocycles. The predicted octanol–water partition coefficient (Wildman–Crippen LogP) is 1.04. The Morgan fingerprint density at radius 1 is 1.45 bits per heavy atom. The Morgan fingerprint density at radius 2 is 2.20 bits per heavy atom. The van der Waals surface area contributed by atoms with Crippen LogP contribution in [0.3, 0.4) is 0 Å². The minimum atomic E-state index is -0.639. The zero-order chi connectivity index (χ0) is 14.7. The number of carbonyl (C=O) groups is 2. The molecule has 7 heteroatoms. The van der Waals surface area contributed by atoms with Gasteiger partial charge < -0.3 is 15.6 Å². The normalized spacial score (nSPS) is 10.2. The average Bonchev–Trinajstić information content (AvgIpc) is 2.80. The van der Waals surface area contributed by atoms with Crippen molar-refractivity contribution in [2.75, 3.05) is 12.3 Å². The van der Waals surface area contributed by atoms with E-state index < -0.39 is 11.9 Å². The second-order valence-corrected chi connectivity index (χ2v) is 3.93. The van der Waals surface area contributed by atoms with E-state index in [1.807, 2.05) is 0 Å². The summed E-state index contributed by atoms with van der Waals surface area (Å²) in [7, 11) is 0. The average molecular weight is 275 g/mol. The van der Waals surface area contributed by atoms with Gasteiger partial charge in [-0.1, -0.05) is 6.07 Å². The molecule has 0 unspecified atom stereocenters. The Balaban J connectivity index is 2.35. The first kappa shape index (κ1) is 13.6. The van der Waals surface area contributed by atoms with Crippen molar-refractivity contribution in [3.63, 3.8) is 0 Å². The van der Waals surface area contributed by atoms with Crippen molar-refractivity contribution >= 4 is 17.7 Å². The van der Waals surface area contributed by atoms with E-state index in [1.54, 1.807) is 6.92 Å². The third kappa shape index (κ3) is 2.46. The number of ether oxygens (including phenoxy) is 1. The number of aromatic nitrogens is 2. The summed E-state index contributed by atoms with van der Waals surface area (Å²) in [6, 6.07) is 5.75. The first-order chi connectivity index (χ1) is 9.54. The van der Waals surface area contributed by atoms with E-state index >= 15 is 0 Å². The molecular weight excluding hydrogens is 262 g/mol. The third-order valence-electron chi connectivity index (χ3n) is 2.59. The molecule has 0 aliphatic rings. The number of aromatic hydroxyl groups is 1. The maximum Gasteiger partial charge on any atom is 0.343 e. The maximum absolute atomic E-state index is 12.2. The van der Waals surface area contributed by atoms with Crippen LogP contribution in [-0.4, -0.2) is 33.4 Å². The lowest BCUT2D eigenvalue weighted by Gasteiger charge is -2.04. The summed E-state index contributed by atoms with van der Waals surface area (Å²) in [4.78, 5) is 23.8. The highest BCUT2D eigenvalue weighted by Gasteiger charge is 2.20. The van der Waals surface area contributed by atoms with E-state index in [9.17, 15) is 14.7 Å². The second kappa shape index (κ2) is 5.43. The standard InChI is InChI=1S/C13H13N3O4/c1-2-20-13(19)10-7-15-16(11(10)14)12(18)8-4-3-5-9(17)6-8/h3-7,17H,2,14H2,1H3. The van der Waals surface area contributed by atoms with E-state index in [2.05, 4.69) is 5.10 Å². The Hall–Kier alpha value is -2.83. The number of hydrogen-bond donors (Lipinski definition) is 2. The van der Waals surface area contributed by atoms with Gasteiger partial charge in [-0.15, -0.1) is 0 Å². The van der Waals surface area contributed by atoms with Crippen LogP contribution in [0.15, 0.2) is 30.5 Å². The Kier molecular flexibility index (Phi) is 3.69. The van der Waals surface area contributed by atoms with Crippen molar-refractivity contribution < 1.29 is 19.4 Å². The smallest absolute Gasteiger partial charge is 0.343 e. The van der Waals surface area contributed by atoms with Gasteiger partial charge in [0.15, 0.2) is 0 Å². The number of hydrogen-bond acceptors (Lipinski definition) is 6. The lowest BCUT2D eigenvalue weighted by atomic mass is 10.2. The Bertz CT molecular complexity index is 663. The molecule has 104 valence electrons. The number of benzene rings is 1. The summed E-state index contributed by atoms with van der Waals surface area (Å²) in [6.07, 6.45) is 1.17. The Labute approximate surface area is 114 Å². The van der Waals surface area contributed by atoms with Crippen LogP contribution in [0.1, 0.15) is 27.6 Å². The van der Waals surface area contributed by atoms with E-state index in [0.29, 0.717) is 0 Å². The van der Waals surface area contributed by atoms with Crippen LogP contribution in [0.2, 0.25) is 0 Å². The van der Waals surface area contributed by atoms with E-state index in [1.165, 1.54) is 30.5 Å². The number of esters is 1. The largest absolute Gasteiger partial charge is 0.508 e. The maximum atomic E-state index is 12.2. The third-order valence-corrected chi connectivity index (χ3v) is 2.59. The number of phenolic OH excluding ortho intramolecular Hbond substituents is 1. The molecular formula is C13H13N3O4. The molecule has 0 amide bonds. The molecule has 0 saturated carbocycles. The molecule has 1 aromatic heterocycles. The van der Waals surface area contributed by atoms with Crippen molar-refractivity contribution in [2.24, 2.45) is 0 Å². The molecule has 1 aromatic carbocycles. The van der Waals surface area contributed by atoms with Crippen LogP contribution < -0.4 is 5.73 Å². The zero-order valence-corrected chi connectivity index (χ0v) is 10.7. The molecule has 0 radical (unpaired) electrons. The molecule has 0 aliphatic carbocycles. The first-order valence-electron chi connectivity index (χ1n) is 5.89. The summed E-state index contributed by atoms with van der Waals surface area (Å²) in [5.41, 5.74) is 5.96. The van der Waals surface area contributed by atoms with Crippen LogP contribution in [-0.2, 0) is 4.74 Å². The van der Waals surface area contributed by atoms with Crippen molar-refractivity contribution in [3.05, 3.63) is 41.6 Å². The van der Waals surface area contributed by atoms with Gasteiger partial charge in [0, 0.05) is 5.56 Å². The molecule has 2 aromatic rings. The fraction of sp³-hybridized carbons (Fsp3) is 0.154. The molecule has 0 spiro atoms. The number of nitrogens with two attached hydrogens (primary N) is 1. The minimum Gasteiger partial charge on any atom is -0.508 e. The van der Waals surface area contributed by atoms with Crippen LogP contribution >= 0.6 is 0 Å². The van der Waals surface area contributed by atoms with Gasteiger partial charge in [-0.05, 0) is 25.1 Å². The lowest BCUT2D eigenvalue weighted by Crippen LogP contribution is -2.17. The molecule has 0 saturated heterocycles. The molecule has 0 atom stereocenters. The van der Waals surface area contributed by atoms with Gasteiger partial charge in [-0.25, -0.2) is 4.79 Å². The zero-order valence-electron chi connectivity index (χ0n) is 10.7. The Morgan fingerprint density at radius 3 is 2.85 bits per heavy atom. The summed E-state index contributed by atoms with van der Waals surface area (Å²) >= 11 is 0. The second-order valence-electron chi connectivity index (χ2n) is 3.93. The summed E-state index contributed by atoms with van der Waals surface area (Å²) in [5, 5.41) is 13.1. The van der Waals surface area contributed by atoms with Gasteiger partial charge in [0.05, 0.1) is 12.8 Å². The quantitative estimate of drug-likeness (QED) is 0.810. The lowest BCUT2D eigenvalue weighted by molar-refractivity contribution is 0.0527. The van der Waals surface area contributed by atoms with Crippen LogP contribution in [0.5, 0.6) is 5.75 Å². The summed E-state index contributed by atoms with van der Waals surface area (Å²) in [6.45, 7) is 1.86. The number of anilines is 1. The first-order valence-corrected chi connectivity index (χ1v) is 5.89. The number of rotatable bonds is 3. The summed E-state index contributed by atoms with van der Waals surface area (Å²) < 4.78 is 5.69. The van der Waals surface area contributed by atoms with Crippen molar-refractivity contribution in [2.45, 2.75) is 6.92 Å². The number of nitrogen functional groups attached to an aromatic ring is 1. The fourth-order valence-electron chi connectivity index (χ4n) is 1.65. The molecule has 0 fully saturated rings. The van der Waals surface area contributed by atoms with Crippen LogP contribution in [0.4, 0.5) is 5.82 Å². The minimum absolute atomic E-state index is 0.0281. The highest BCUT2D eigenvalue weighted by atomic mass is 16.5. The molecule has 3 N–H and O–H groups in total. The molecule has 0 aliphatic heterocycles. The van der Waals surface area contributed by atoms with Crippen LogP contribution in [0.25, 0.3) is 0 Å². The number of carbonyl (C=O) groups excluding carboxylic acids is 2. The van der Waals surface area contributed by atoms with E-state index in [4.69, 9.17) is 10.5 Å². The highest BCUT2D eigenvalue weighted by molar-refractivity contribution is 6.01. The van der Waals surface area contributed by atoms with Crippen molar-refractivity contribution in [3.8, 4) is 5.75 Å². The van der Waals surface area contributed by atoms with E-state index in [0.717, 1.165) is 4.68 Å². The highest BCUT2D eigenvalue weighted by Crippen LogP contribution is 2.17. The monoisotopic (exact) mass is 275 g/mol. The molecule has 2 rings (SSSR count). The van der Waals surface area contributed by atoms with Gasteiger partial charge >= 0.3 is 5.97 Å².